The first kappa shape index (κ1) is 21.6. The van der Waals surface area contributed by atoms with Crippen LogP contribution in [0.1, 0.15) is 25.0 Å². The van der Waals surface area contributed by atoms with E-state index in [0.717, 1.165) is 0 Å². The molecule has 2 aromatic rings. The summed E-state index contributed by atoms with van der Waals surface area (Å²) in [5.74, 6) is 1.20. The van der Waals surface area contributed by atoms with Crippen LogP contribution in [-0.4, -0.2) is 42.1 Å². The Bertz CT molecular complexity index is 1100. The smallest absolute Gasteiger partial charge is 0.271 e. The number of rotatable bonds is 5. The van der Waals surface area contributed by atoms with Crippen molar-refractivity contribution < 1.29 is 18.7 Å². The average molecular weight is 462 g/mol. The van der Waals surface area contributed by atoms with Crippen molar-refractivity contribution in [2.24, 2.45) is 15.9 Å². The molecule has 0 aromatic heterocycles. The monoisotopic (exact) mass is 461 g/mol. The average Bonchev–Trinajstić information content (AvgIpc) is 3.09. The number of halogens is 2. The summed E-state index contributed by atoms with van der Waals surface area (Å²) in [4.78, 5) is 23.7. The van der Waals surface area contributed by atoms with E-state index in [1.807, 2.05) is 18.7 Å². The third-order valence-electron chi connectivity index (χ3n) is 5.18. The number of aliphatic imine (C=N–C) groups is 2. The van der Waals surface area contributed by atoms with Crippen LogP contribution in [0.5, 0.6) is 11.5 Å². The highest BCUT2D eigenvalue weighted by Gasteiger charge is 2.43. The minimum absolute atomic E-state index is 0.00158. The second-order valence-electron chi connectivity index (χ2n) is 7.44. The van der Waals surface area contributed by atoms with Gasteiger partial charge in [-0.15, -0.1) is 0 Å². The molecule has 2 aromatic carbocycles. The molecule has 0 saturated heterocycles. The molecule has 0 saturated carbocycles. The van der Waals surface area contributed by atoms with Gasteiger partial charge in [0.25, 0.3) is 5.91 Å². The minimum atomic E-state index is -0.487. The lowest BCUT2D eigenvalue weighted by Gasteiger charge is -2.33. The standard InChI is InChI=1S/C22H21ClFN3O3S/c1-11(2)19-21(28)26-20-12-8-17(29-3)18(30-4)9-16(12)25-22(27(19)20)31-10-13-14(23)6-5-7-15(13)24/h5-9,11,19H,10H2,1-4H3/t19-/m1/s1. The fourth-order valence-corrected chi connectivity index (χ4v) is 5.03. The van der Waals surface area contributed by atoms with Crippen LogP contribution in [0, 0.1) is 11.7 Å². The largest absolute Gasteiger partial charge is 0.493 e. The van der Waals surface area contributed by atoms with Gasteiger partial charge in [-0.3, -0.25) is 9.69 Å². The second-order valence-corrected chi connectivity index (χ2v) is 8.79. The molecule has 0 N–H and O–H groups in total. The van der Waals surface area contributed by atoms with Crippen molar-refractivity contribution in [3.05, 3.63) is 52.3 Å². The van der Waals surface area contributed by atoms with Gasteiger partial charge in [-0.25, -0.2) is 9.38 Å². The molecule has 2 aliphatic rings. The third kappa shape index (κ3) is 3.78. The van der Waals surface area contributed by atoms with E-state index in [9.17, 15) is 9.18 Å². The molecule has 0 spiro atoms. The van der Waals surface area contributed by atoms with E-state index in [2.05, 4.69) is 4.99 Å². The Morgan fingerprint density at radius 3 is 2.55 bits per heavy atom. The molecule has 1 amide bonds. The Labute approximate surface area is 189 Å². The molecule has 6 nitrogen and oxygen atoms in total. The number of amidine groups is 2. The Balaban J connectivity index is 1.80. The van der Waals surface area contributed by atoms with E-state index in [-0.39, 0.29) is 23.4 Å². The predicted octanol–water partition coefficient (Wildman–Crippen LogP) is 5.04. The molecule has 162 valence electrons. The van der Waals surface area contributed by atoms with Crippen molar-refractivity contribution in [1.29, 1.82) is 0 Å². The number of carbonyl (C=O) groups is 1. The number of thioether (sulfide) groups is 1. The number of carbonyl (C=O) groups excluding carboxylic acids is 1. The summed E-state index contributed by atoms with van der Waals surface area (Å²) < 4.78 is 25.1. The number of hydrogen-bond donors (Lipinski definition) is 0. The van der Waals surface area contributed by atoms with Gasteiger partial charge in [0.15, 0.2) is 16.7 Å². The Kier molecular flexibility index (Phi) is 5.94. The lowest BCUT2D eigenvalue weighted by Crippen LogP contribution is -2.46. The zero-order chi connectivity index (χ0) is 22.3. The normalized spacial score (nSPS) is 17.3. The number of fused-ring (bicyclic) bond motifs is 3. The van der Waals surface area contributed by atoms with Gasteiger partial charge >= 0.3 is 0 Å². The van der Waals surface area contributed by atoms with E-state index >= 15 is 0 Å². The summed E-state index contributed by atoms with van der Waals surface area (Å²) in [5.41, 5.74) is 1.68. The number of ether oxygens (including phenoxy) is 2. The summed E-state index contributed by atoms with van der Waals surface area (Å²) in [6.45, 7) is 3.92. The Morgan fingerprint density at radius 2 is 1.90 bits per heavy atom. The summed E-state index contributed by atoms with van der Waals surface area (Å²) in [5, 5.41) is 0.907. The first-order chi connectivity index (χ1) is 14.8. The molecular formula is C22H21ClFN3O3S. The number of hydrogen-bond acceptors (Lipinski definition) is 6. The van der Waals surface area contributed by atoms with Crippen molar-refractivity contribution in [2.75, 3.05) is 14.2 Å². The molecule has 0 fully saturated rings. The second kappa shape index (κ2) is 8.51. The molecule has 0 radical (unpaired) electrons. The Hall–Kier alpha value is -2.58. The number of benzene rings is 2. The van der Waals surface area contributed by atoms with Crippen molar-refractivity contribution in [1.82, 2.24) is 4.90 Å². The first-order valence-electron chi connectivity index (χ1n) is 9.68. The maximum Gasteiger partial charge on any atom is 0.271 e. The lowest BCUT2D eigenvalue weighted by atomic mass is 10.0. The SMILES string of the molecule is COc1cc2c(cc1OC)C1=NC(=O)[C@@H](C(C)C)N1C(SCc1c(F)cccc1Cl)=N2. The zero-order valence-corrected chi connectivity index (χ0v) is 19.1. The van der Waals surface area contributed by atoms with Gasteiger partial charge in [-0.05, 0) is 24.1 Å². The first-order valence-corrected chi connectivity index (χ1v) is 11.0. The van der Waals surface area contributed by atoms with Gasteiger partial charge in [-0.2, -0.15) is 4.99 Å². The third-order valence-corrected chi connectivity index (χ3v) is 6.51. The van der Waals surface area contributed by atoms with Crippen LogP contribution in [0.15, 0.2) is 40.3 Å². The lowest BCUT2D eigenvalue weighted by molar-refractivity contribution is -0.120. The summed E-state index contributed by atoms with van der Waals surface area (Å²) >= 11 is 7.51. The van der Waals surface area contributed by atoms with Gasteiger partial charge < -0.3 is 9.47 Å². The van der Waals surface area contributed by atoms with Crippen LogP contribution in [0.4, 0.5) is 10.1 Å². The quantitative estimate of drug-likeness (QED) is 0.623. The molecule has 1 atom stereocenters. The van der Waals surface area contributed by atoms with Crippen LogP contribution in [0.2, 0.25) is 5.02 Å². The molecule has 4 rings (SSSR count). The summed E-state index contributed by atoms with van der Waals surface area (Å²) in [6.07, 6.45) is 0. The molecule has 2 heterocycles. The van der Waals surface area contributed by atoms with E-state index < -0.39 is 6.04 Å². The molecule has 2 aliphatic heterocycles. The molecule has 0 unspecified atom stereocenters. The maximum atomic E-state index is 14.3. The highest BCUT2D eigenvalue weighted by atomic mass is 35.5. The van der Waals surface area contributed by atoms with Gasteiger partial charge in [0, 0.05) is 28.0 Å². The van der Waals surface area contributed by atoms with Crippen molar-refractivity contribution >= 4 is 46.0 Å². The fraction of sp³-hybridized carbons (Fsp3) is 0.318. The van der Waals surface area contributed by atoms with Crippen LogP contribution in [0.3, 0.4) is 0 Å². The van der Waals surface area contributed by atoms with Crippen molar-refractivity contribution in [3.8, 4) is 11.5 Å². The number of nitrogens with zero attached hydrogens (tertiary/aromatic N) is 3. The topological polar surface area (TPSA) is 63.5 Å². The molecular weight excluding hydrogens is 441 g/mol. The van der Waals surface area contributed by atoms with Crippen LogP contribution < -0.4 is 9.47 Å². The van der Waals surface area contributed by atoms with Gasteiger partial charge in [0.1, 0.15) is 17.7 Å². The highest BCUT2D eigenvalue weighted by Crippen LogP contribution is 2.42. The van der Waals surface area contributed by atoms with Gasteiger partial charge in [0.2, 0.25) is 0 Å². The van der Waals surface area contributed by atoms with E-state index in [1.165, 1.54) is 17.8 Å². The fourth-order valence-electron chi connectivity index (χ4n) is 3.65. The minimum Gasteiger partial charge on any atom is -0.493 e. The molecule has 9 heteroatoms. The predicted molar refractivity (Wildman–Crippen MR) is 121 cm³/mol. The molecule has 31 heavy (non-hydrogen) atoms. The summed E-state index contributed by atoms with van der Waals surface area (Å²) in [6, 6.07) is 7.63. The van der Waals surface area contributed by atoms with Crippen LogP contribution in [-0.2, 0) is 10.5 Å². The van der Waals surface area contributed by atoms with Crippen molar-refractivity contribution in [3.63, 3.8) is 0 Å². The van der Waals surface area contributed by atoms with Crippen molar-refractivity contribution in [2.45, 2.75) is 25.6 Å². The van der Waals surface area contributed by atoms with E-state index in [1.54, 1.807) is 38.5 Å². The number of methoxy groups -OCH3 is 2. The van der Waals surface area contributed by atoms with Gasteiger partial charge in [0.05, 0.1) is 19.9 Å². The molecule has 0 bridgehead atoms. The highest BCUT2D eigenvalue weighted by molar-refractivity contribution is 8.13. The molecule has 0 aliphatic carbocycles. The maximum absolute atomic E-state index is 14.3. The zero-order valence-electron chi connectivity index (χ0n) is 17.5. The Morgan fingerprint density at radius 1 is 1.19 bits per heavy atom. The van der Waals surface area contributed by atoms with E-state index in [0.29, 0.717) is 44.3 Å². The van der Waals surface area contributed by atoms with Crippen LogP contribution in [0.25, 0.3) is 0 Å². The number of amides is 1. The van der Waals surface area contributed by atoms with Gasteiger partial charge in [-0.1, -0.05) is 43.3 Å². The van der Waals surface area contributed by atoms with E-state index in [4.69, 9.17) is 26.1 Å². The van der Waals surface area contributed by atoms with Crippen LogP contribution >= 0.6 is 23.4 Å². The summed E-state index contributed by atoms with van der Waals surface area (Å²) in [7, 11) is 3.09.